The number of methoxy groups -OCH3 is 1. The second-order valence-corrected chi connectivity index (χ2v) is 8.99. The summed E-state index contributed by atoms with van der Waals surface area (Å²) in [6.07, 6.45) is 0.565. The lowest BCUT2D eigenvalue weighted by Gasteiger charge is -2.20. The average molecular weight is 391 g/mol. The highest BCUT2D eigenvalue weighted by Crippen LogP contribution is 2.13. The molecule has 1 amide bonds. The van der Waals surface area contributed by atoms with Crippen LogP contribution in [0, 0.1) is 0 Å². The molecule has 2 rings (SSSR count). The fourth-order valence-corrected chi connectivity index (χ4v) is 3.44. The van der Waals surface area contributed by atoms with Crippen molar-refractivity contribution in [3.05, 3.63) is 59.7 Å². The van der Waals surface area contributed by atoms with Crippen LogP contribution in [0.3, 0.4) is 0 Å². The number of rotatable bonds is 7. The Kier molecular flexibility index (Phi) is 6.62. The van der Waals surface area contributed by atoms with Crippen molar-refractivity contribution in [2.24, 2.45) is 0 Å². The van der Waals surface area contributed by atoms with Gasteiger partial charge in [0.1, 0.15) is 5.75 Å². The smallest absolute Gasteiger partial charge is 0.251 e. The lowest BCUT2D eigenvalue weighted by Crippen LogP contribution is -2.40. The van der Waals surface area contributed by atoms with Gasteiger partial charge in [0, 0.05) is 17.6 Å². The maximum absolute atomic E-state index is 12.4. The SMILES string of the molecule is COc1ccc(CCNS(=O)(=O)c2ccc(C(=O)NC(C)(C)C)cc2)cc1. The zero-order chi connectivity index (χ0) is 20.1. The molecule has 0 fully saturated rings. The van der Waals surface area contributed by atoms with Crippen LogP contribution in [0.5, 0.6) is 5.75 Å². The largest absolute Gasteiger partial charge is 0.497 e. The standard InChI is InChI=1S/C20H26N2O4S/c1-20(2,3)22-19(23)16-7-11-18(12-8-16)27(24,25)21-14-13-15-5-9-17(26-4)10-6-15/h5-12,21H,13-14H2,1-4H3,(H,22,23). The molecule has 6 nitrogen and oxygen atoms in total. The van der Waals surface area contributed by atoms with Crippen LogP contribution in [0.2, 0.25) is 0 Å². The van der Waals surface area contributed by atoms with Crippen molar-refractivity contribution in [1.29, 1.82) is 0 Å². The highest BCUT2D eigenvalue weighted by Gasteiger charge is 2.17. The van der Waals surface area contributed by atoms with E-state index in [-0.39, 0.29) is 22.9 Å². The first-order chi connectivity index (χ1) is 12.6. The van der Waals surface area contributed by atoms with Crippen LogP contribution in [-0.2, 0) is 16.4 Å². The molecule has 0 saturated heterocycles. The second-order valence-electron chi connectivity index (χ2n) is 7.22. The van der Waals surface area contributed by atoms with E-state index >= 15 is 0 Å². The van der Waals surface area contributed by atoms with Crippen LogP contribution in [0.25, 0.3) is 0 Å². The van der Waals surface area contributed by atoms with Gasteiger partial charge in [-0.2, -0.15) is 0 Å². The van der Waals surface area contributed by atoms with Crippen LogP contribution < -0.4 is 14.8 Å². The number of hydrogen-bond acceptors (Lipinski definition) is 4. The van der Waals surface area contributed by atoms with Crippen molar-refractivity contribution in [2.75, 3.05) is 13.7 Å². The molecule has 2 N–H and O–H groups in total. The molecule has 0 radical (unpaired) electrons. The number of sulfonamides is 1. The van der Waals surface area contributed by atoms with Crippen molar-refractivity contribution in [3.8, 4) is 5.75 Å². The zero-order valence-electron chi connectivity index (χ0n) is 16.1. The van der Waals surface area contributed by atoms with Gasteiger partial charge in [-0.25, -0.2) is 13.1 Å². The molecule has 0 aromatic heterocycles. The van der Waals surface area contributed by atoms with Gasteiger partial charge in [-0.15, -0.1) is 0 Å². The van der Waals surface area contributed by atoms with E-state index in [1.54, 1.807) is 7.11 Å². The molecule has 7 heteroatoms. The van der Waals surface area contributed by atoms with Crippen LogP contribution in [0.4, 0.5) is 0 Å². The third-order valence-corrected chi connectivity index (χ3v) is 5.26. The lowest BCUT2D eigenvalue weighted by atomic mass is 10.1. The van der Waals surface area contributed by atoms with E-state index in [1.165, 1.54) is 24.3 Å². The van der Waals surface area contributed by atoms with Crippen molar-refractivity contribution in [2.45, 2.75) is 37.6 Å². The molecule has 2 aromatic rings. The first kappa shape index (κ1) is 20.9. The van der Waals surface area contributed by atoms with Crippen LogP contribution >= 0.6 is 0 Å². The van der Waals surface area contributed by atoms with Gasteiger partial charge in [0.2, 0.25) is 10.0 Å². The summed E-state index contributed by atoms with van der Waals surface area (Å²) in [5, 5.41) is 2.84. The number of carbonyl (C=O) groups excluding carboxylic acids is 1. The van der Waals surface area contributed by atoms with Crippen molar-refractivity contribution >= 4 is 15.9 Å². The predicted octanol–water partition coefficient (Wildman–Crippen LogP) is 2.74. The summed E-state index contributed by atoms with van der Waals surface area (Å²) in [7, 11) is -2.03. The molecule has 0 heterocycles. The Labute approximate surface area is 161 Å². The molecule has 0 atom stereocenters. The van der Waals surface area contributed by atoms with Crippen molar-refractivity contribution in [1.82, 2.24) is 10.0 Å². The molecular formula is C20H26N2O4S. The predicted molar refractivity (Wildman–Crippen MR) is 106 cm³/mol. The molecule has 27 heavy (non-hydrogen) atoms. The number of carbonyl (C=O) groups is 1. The minimum Gasteiger partial charge on any atom is -0.497 e. The van der Waals surface area contributed by atoms with E-state index in [9.17, 15) is 13.2 Å². The maximum atomic E-state index is 12.4. The lowest BCUT2D eigenvalue weighted by molar-refractivity contribution is 0.0919. The summed E-state index contributed by atoms with van der Waals surface area (Å²) >= 11 is 0. The van der Waals surface area contributed by atoms with Gasteiger partial charge in [-0.1, -0.05) is 12.1 Å². The van der Waals surface area contributed by atoms with Crippen molar-refractivity contribution in [3.63, 3.8) is 0 Å². The van der Waals surface area contributed by atoms with E-state index < -0.39 is 10.0 Å². The topological polar surface area (TPSA) is 84.5 Å². The summed E-state index contributed by atoms with van der Waals surface area (Å²) in [6, 6.07) is 13.4. The van der Waals surface area contributed by atoms with Gasteiger partial charge in [-0.05, 0) is 69.2 Å². The second kappa shape index (κ2) is 8.54. The summed E-state index contributed by atoms with van der Waals surface area (Å²) in [4.78, 5) is 12.2. The van der Waals surface area contributed by atoms with E-state index in [1.807, 2.05) is 45.0 Å². The van der Waals surface area contributed by atoms with E-state index in [0.717, 1.165) is 11.3 Å². The molecule has 0 spiro atoms. The summed E-state index contributed by atoms with van der Waals surface area (Å²) < 4.78 is 32.5. The highest BCUT2D eigenvalue weighted by atomic mass is 32.2. The molecular weight excluding hydrogens is 364 g/mol. The fourth-order valence-electron chi connectivity index (χ4n) is 2.40. The minimum absolute atomic E-state index is 0.129. The van der Waals surface area contributed by atoms with Gasteiger partial charge in [-0.3, -0.25) is 4.79 Å². The average Bonchev–Trinajstić information content (AvgIpc) is 2.61. The van der Waals surface area contributed by atoms with Crippen molar-refractivity contribution < 1.29 is 17.9 Å². The Hall–Kier alpha value is -2.38. The summed E-state index contributed by atoms with van der Waals surface area (Å²) in [6.45, 7) is 5.93. The molecule has 0 aliphatic heterocycles. The molecule has 2 aromatic carbocycles. The Morgan fingerprint density at radius 1 is 1.00 bits per heavy atom. The Balaban J connectivity index is 1.96. The highest BCUT2D eigenvalue weighted by molar-refractivity contribution is 7.89. The third kappa shape index (κ3) is 6.37. The molecule has 0 aliphatic rings. The zero-order valence-corrected chi connectivity index (χ0v) is 16.9. The molecule has 0 unspecified atom stereocenters. The first-order valence-electron chi connectivity index (χ1n) is 8.66. The Bertz CT molecular complexity index is 868. The van der Waals surface area contributed by atoms with Crippen LogP contribution in [0.15, 0.2) is 53.4 Å². The number of amides is 1. The molecule has 0 aliphatic carbocycles. The van der Waals surface area contributed by atoms with Crippen LogP contribution in [-0.4, -0.2) is 33.5 Å². The quantitative estimate of drug-likeness (QED) is 0.761. The number of ether oxygens (including phenoxy) is 1. The maximum Gasteiger partial charge on any atom is 0.251 e. The number of hydrogen-bond donors (Lipinski definition) is 2. The minimum atomic E-state index is -3.63. The van der Waals surface area contributed by atoms with Crippen LogP contribution in [0.1, 0.15) is 36.7 Å². The third-order valence-electron chi connectivity index (χ3n) is 3.78. The normalized spacial score (nSPS) is 11.9. The van der Waals surface area contributed by atoms with E-state index in [4.69, 9.17) is 4.74 Å². The number of benzene rings is 2. The first-order valence-corrected chi connectivity index (χ1v) is 10.1. The van der Waals surface area contributed by atoms with E-state index in [0.29, 0.717) is 12.0 Å². The van der Waals surface area contributed by atoms with Gasteiger partial charge in [0.25, 0.3) is 5.91 Å². The monoisotopic (exact) mass is 390 g/mol. The fraction of sp³-hybridized carbons (Fsp3) is 0.350. The number of nitrogens with one attached hydrogen (secondary N) is 2. The molecule has 0 saturated carbocycles. The van der Waals surface area contributed by atoms with E-state index in [2.05, 4.69) is 10.0 Å². The van der Waals surface area contributed by atoms with Gasteiger partial charge in [0.05, 0.1) is 12.0 Å². The molecule has 146 valence electrons. The summed E-state index contributed by atoms with van der Waals surface area (Å²) in [5.74, 6) is 0.522. The Morgan fingerprint density at radius 2 is 1.59 bits per heavy atom. The Morgan fingerprint density at radius 3 is 2.11 bits per heavy atom. The van der Waals surface area contributed by atoms with Gasteiger partial charge >= 0.3 is 0 Å². The van der Waals surface area contributed by atoms with Gasteiger partial charge < -0.3 is 10.1 Å². The van der Waals surface area contributed by atoms with Gasteiger partial charge in [0.15, 0.2) is 0 Å². The summed E-state index contributed by atoms with van der Waals surface area (Å²) in [5.41, 5.74) is 1.07. The molecule has 0 bridgehead atoms.